The number of anilines is 1. The second-order valence-corrected chi connectivity index (χ2v) is 10.4. The smallest absolute Gasteiger partial charge is 0.290 e. The molecule has 2 atom stereocenters. The Bertz CT molecular complexity index is 1240. The molecule has 0 saturated carbocycles. The number of nitrogens with zero attached hydrogens (tertiary/aromatic N) is 4. The van der Waals surface area contributed by atoms with E-state index in [0.29, 0.717) is 17.5 Å². The number of nitrogens with one attached hydrogen (secondary N) is 1. The van der Waals surface area contributed by atoms with Crippen molar-refractivity contribution in [1.82, 2.24) is 20.0 Å². The molecule has 0 spiro atoms. The van der Waals surface area contributed by atoms with E-state index in [-0.39, 0.29) is 18.4 Å². The fourth-order valence-electron chi connectivity index (χ4n) is 6.07. The van der Waals surface area contributed by atoms with E-state index >= 15 is 0 Å². The standard InChI is InChI=1S/C28H35N5O2.CH2O2/c1-2-33-26-16-22(32-15-10-20(17-32)19-35-23-6-4-3-5-7-23)8-9-24(26)27(30-33)28(34)29-25-18-31-13-11-21(25)12-14-31;2-1-3/h3-9,16,20-21,25H,2,10-15,17-19H2,1H3,(H,29,34);1H,(H,2,3)/t20?,25-;/m1./s1. The molecule has 2 bridgehead atoms. The number of benzene rings is 2. The number of piperidine rings is 3. The van der Waals surface area contributed by atoms with E-state index in [1.165, 1.54) is 31.6 Å². The first-order valence-electron chi connectivity index (χ1n) is 13.6. The molecule has 9 heteroatoms. The van der Waals surface area contributed by atoms with Crippen molar-refractivity contribution in [2.75, 3.05) is 44.2 Å². The van der Waals surface area contributed by atoms with Gasteiger partial charge in [0.15, 0.2) is 5.69 Å². The summed E-state index contributed by atoms with van der Waals surface area (Å²) in [7, 11) is 0. The van der Waals surface area contributed by atoms with Gasteiger partial charge < -0.3 is 25.0 Å². The molecule has 1 amide bonds. The van der Waals surface area contributed by atoms with Gasteiger partial charge in [0.05, 0.1) is 12.1 Å². The topological polar surface area (TPSA) is 99.9 Å². The van der Waals surface area contributed by atoms with Crippen LogP contribution >= 0.6 is 0 Å². The molecule has 4 saturated heterocycles. The van der Waals surface area contributed by atoms with Crippen LogP contribution in [0.25, 0.3) is 10.9 Å². The van der Waals surface area contributed by atoms with Crippen molar-refractivity contribution in [1.29, 1.82) is 0 Å². The summed E-state index contributed by atoms with van der Waals surface area (Å²) in [6.45, 7) is 8.61. The van der Waals surface area contributed by atoms with Gasteiger partial charge in [0.2, 0.25) is 0 Å². The van der Waals surface area contributed by atoms with Gasteiger partial charge in [0.25, 0.3) is 12.4 Å². The number of amides is 1. The van der Waals surface area contributed by atoms with E-state index in [1.807, 2.05) is 35.0 Å². The fourth-order valence-corrected chi connectivity index (χ4v) is 6.07. The van der Waals surface area contributed by atoms with Crippen molar-refractivity contribution < 1.29 is 19.4 Å². The minimum absolute atomic E-state index is 0.0343. The van der Waals surface area contributed by atoms with Gasteiger partial charge in [-0.3, -0.25) is 14.3 Å². The third-order valence-corrected chi connectivity index (χ3v) is 8.10. The molecule has 4 fully saturated rings. The van der Waals surface area contributed by atoms with Crippen LogP contribution in [-0.2, 0) is 11.3 Å². The molecule has 4 aliphatic rings. The van der Waals surface area contributed by atoms with Gasteiger partial charge in [-0.25, -0.2) is 0 Å². The number of hydrogen-bond donors (Lipinski definition) is 2. The molecule has 5 heterocycles. The first kappa shape index (κ1) is 26.0. The molecular formula is C29H37N5O4. The summed E-state index contributed by atoms with van der Waals surface area (Å²) < 4.78 is 7.97. The minimum atomic E-state index is -0.250. The highest BCUT2D eigenvalue weighted by molar-refractivity contribution is 6.05. The van der Waals surface area contributed by atoms with Gasteiger partial charge in [0.1, 0.15) is 5.75 Å². The molecular weight excluding hydrogens is 482 g/mol. The normalized spacial score (nSPS) is 24.1. The SMILES string of the molecule is CCn1nc(C(=O)N[C@@H]2CN3CCC2CC3)c2ccc(N3CCC(COc4ccccc4)C3)cc21.O=CO. The van der Waals surface area contributed by atoms with Crippen molar-refractivity contribution in [2.24, 2.45) is 11.8 Å². The van der Waals surface area contributed by atoms with E-state index in [4.69, 9.17) is 19.7 Å². The molecule has 2 aromatic carbocycles. The third-order valence-electron chi connectivity index (χ3n) is 8.10. The zero-order chi connectivity index (χ0) is 26.5. The average molecular weight is 520 g/mol. The molecule has 38 heavy (non-hydrogen) atoms. The Morgan fingerprint density at radius 3 is 2.55 bits per heavy atom. The first-order chi connectivity index (χ1) is 18.6. The molecule has 0 radical (unpaired) electrons. The molecule has 9 nitrogen and oxygen atoms in total. The molecule has 1 aromatic heterocycles. The second kappa shape index (κ2) is 11.9. The van der Waals surface area contributed by atoms with Crippen LogP contribution in [0, 0.1) is 11.8 Å². The zero-order valence-corrected chi connectivity index (χ0v) is 22.0. The monoisotopic (exact) mass is 519 g/mol. The molecule has 2 N–H and O–H groups in total. The van der Waals surface area contributed by atoms with E-state index in [0.717, 1.165) is 55.9 Å². The van der Waals surface area contributed by atoms with Gasteiger partial charge in [-0.1, -0.05) is 18.2 Å². The van der Waals surface area contributed by atoms with E-state index in [9.17, 15) is 4.79 Å². The lowest BCUT2D eigenvalue weighted by atomic mass is 9.84. The highest BCUT2D eigenvalue weighted by Gasteiger charge is 2.35. The Hall–Kier alpha value is -3.59. The number of rotatable bonds is 7. The fraction of sp³-hybridized carbons (Fsp3) is 0.483. The second-order valence-electron chi connectivity index (χ2n) is 10.4. The summed E-state index contributed by atoms with van der Waals surface area (Å²) >= 11 is 0. The number of fused-ring (bicyclic) bond motifs is 4. The van der Waals surface area contributed by atoms with Crippen LogP contribution in [0.1, 0.15) is 36.7 Å². The van der Waals surface area contributed by atoms with Crippen LogP contribution in [0.4, 0.5) is 5.69 Å². The van der Waals surface area contributed by atoms with Crippen molar-refractivity contribution in [3.8, 4) is 5.75 Å². The first-order valence-corrected chi connectivity index (χ1v) is 13.6. The Kier molecular flexibility index (Phi) is 8.12. The number of carboxylic acid groups (broad SMARTS) is 1. The molecule has 3 aromatic rings. The highest BCUT2D eigenvalue weighted by atomic mass is 16.5. The van der Waals surface area contributed by atoms with Crippen molar-refractivity contribution >= 4 is 29.0 Å². The van der Waals surface area contributed by atoms with Crippen LogP contribution in [0.3, 0.4) is 0 Å². The van der Waals surface area contributed by atoms with Crippen molar-refractivity contribution in [2.45, 2.75) is 38.8 Å². The number of para-hydroxylation sites is 1. The largest absolute Gasteiger partial charge is 0.493 e. The lowest BCUT2D eigenvalue weighted by Gasteiger charge is -2.44. The predicted molar refractivity (Wildman–Crippen MR) is 147 cm³/mol. The molecule has 1 unspecified atom stereocenters. The maximum absolute atomic E-state index is 13.3. The Labute approximate surface area is 223 Å². The number of carbonyl (C=O) groups excluding carboxylic acids is 1. The maximum atomic E-state index is 13.3. The van der Waals surface area contributed by atoms with E-state index < -0.39 is 0 Å². The summed E-state index contributed by atoms with van der Waals surface area (Å²) in [6, 6.07) is 16.7. The van der Waals surface area contributed by atoms with Crippen LogP contribution in [0.15, 0.2) is 48.5 Å². The summed E-state index contributed by atoms with van der Waals surface area (Å²) in [5.74, 6) is 2.00. The van der Waals surface area contributed by atoms with Gasteiger partial charge in [-0.05, 0) is 75.5 Å². The van der Waals surface area contributed by atoms with Crippen LogP contribution in [0.5, 0.6) is 5.75 Å². The number of hydrogen-bond acceptors (Lipinski definition) is 6. The Morgan fingerprint density at radius 1 is 1.11 bits per heavy atom. The summed E-state index contributed by atoms with van der Waals surface area (Å²) in [5, 5.41) is 15.9. The number of aromatic nitrogens is 2. The number of carbonyl (C=O) groups is 2. The Morgan fingerprint density at radius 2 is 1.87 bits per heavy atom. The van der Waals surface area contributed by atoms with Gasteiger partial charge >= 0.3 is 0 Å². The Balaban J connectivity index is 0.000000937. The summed E-state index contributed by atoms with van der Waals surface area (Å²) in [5.41, 5.74) is 2.78. The van der Waals surface area contributed by atoms with Crippen LogP contribution in [-0.4, -0.2) is 77.5 Å². The lowest BCUT2D eigenvalue weighted by molar-refractivity contribution is -0.122. The van der Waals surface area contributed by atoms with Crippen molar-refractivity contribution in [3.05, 3.63) is 54.2 Å². The highest BCUT2D eigenvalue weighted by Crippen LogP contribution is 2.31. The number of aryl methyl sites for hydroxylation is 1. The van der Waals surface area contributed by atoms with Gasteiger partial charge in [0, 0.05) is 49.2 Å². The molecule has 4 aliphatic heterocycles. The zero-order valence-electron chi connectivity index (χ0n) is 22.0. The maximum Gasteiger partial charge on any atom is 0.290 e. The summed E-state index contributed by atoms with van der Waals surface area (Å²) in [4.78, 5) is 26.5. The van der Waals surface area contributed by atoms with Gasteiger partial charge in [-0.2, -0.15) is 5.10 Å². The summed E-state index contributed by atoms with van der Waals surface area (Å²) in [6.07, 6.45) is 3.49. The van der Waals surface area contributed by atoms with Gasteiger partial charge in [-0.15, -0.1) is 0 Å². The quantitative estimate of drug-likeness (QED) is 0.461. The molecule has 7 rings (SSSR count). The molecule has 0 aliphatic carbocycles. The minimum Gasteiger partial charge on any atom is -0.493 e. The predicted octanol–water partition coefficient (Wildman–Crippen LogP) is 3.49. The van der Waals surface area contributed by atoms with Crippen LogP contribution in [0.2, 0.25) is 0 Å². The van der Waals surface area contributed by atoms with E-state index in [1.54, 1.807) is 0 Å². The van der Waals surface area contributed by atoms with Crippen molar-refractivity contribution in [3.63, 3.8) is 0 Å². The lowest BCUT2D eigenvalue weighted by Crippen LogP contribution is -2.57. The van der Waals surface area contributed by atoms with Crippen LogP contribution < -0.4 is 15.0 Å². The average Bonchev–Trinajstić information content (AvgIpc) is 3.58. The number of ether oxygens (including phenoxy) is 1. The van der Waals surface area contributed by atoms with E-state index in [2.05, 4.69) is 40.2 Å². The molecule has 202 valence electrons. The third kappa shape index (κ3) is 5.62.